The molecule has 3 aromatic rings. The Labute approximate surface area is 215 Å². The van der Waals surface area contributed by atoms with Crippen LogP contribution >= 0.6 is 0 Å². The minimum Gasteiger partial charge on any atom is -0.443 e. The van der Waals surface area contributed by atoms with Crippen LogP contribution in [0.5, 0.6) is 0 Å². The highest BCUT2D eigenvalue weighted by molar-refractivity contribution is 6.02. The van der Waals surface area contributed by atoms with Crippen LogP contribution in [0, 0.1) is 5.92 Å². The van der Waals surface area contributed by atoms with Gasteiger partial charge in [0.05, 0.1) is 17.9 Å². The number of nitrogens with zero attached hydrogens (tertiary/aromatic N) is 5. The smallest absolute Gasteiger partial charge is 0.415 e. The summed E-state index contributed by atoms with van der Waals surface area (Å²) < 4.78 is 13.9. The summed E-state index contributed by atoms with van der Waals surface area (Å²) in [5.41, 5.74) is -0.0116. The van der Waals surface area contributed by atoms with Gasteiger partial charge in [0.15, 0.2) is 11.4 Å². The van der Waals surface area contributed by atoms with E-state index in [0.29, 0.717) is 23.5 Å². The number of aromatic nitrogens is 4. The molecular formula is C26H34N6O5. The van der Waals surface area contributed by atoms with Crippen LogP contribution in [0.3, 0.4) is 0 Å². The van der Waals surface area contributed by atoms with Gasteiger partial charge in [-0.3, -0.25) is 14.5 Å². The van der Waals surface area contributed by atoms with E-state index in [9.17, 15) is 14.4 Å². The Morgan fingerprint density at radius 2 is 2.03 bits per heavy atom. The Hall–Kier alpha value is -3.73. The molecule has 0 bridgehead atoms. The van der Waals surface area contributed by atoms with Gasteiger partial charge in [-0.2, -0.15) is 9.61 Å². The molecule has 37 heavy (non-hydrogen) atoms. The van der Waals surface area contributed by atoms with Gasteiger partial charge in [-0.15, -0.1) is 0 Å². The van der Waals surface area contributed by atoms with E-state index in [1.165, 1.54) is 15.6 Å². The summed E-state index contributed by atoms with van der Waals surface area (Å²) in [6.45, 7) is 9.17. The number of methoxy groups -OCH3 is 1. The van der Waals surface area contributed by atoms with Gasteiger partial charge in [-0.25, -0.2) is 9.78 Å². The molecule has 0 unspecified atom stereocenters. The molecule has 1 aliphatic carbocycles. The second kappa shape index (κ2) is 9.97. The van der Waals surface area contributed by atoms with E-state index in [-0.39, 0.29) is 40.9 Å². The highest BCUT2D eigenvalue weighted by Crippen LogP contribution is 2.37. The van der Waals surface area contributed by atoms with Crippen molar-refractivity contribution in [1.82, 2.24) is 19.2 Å². The summed E-state index contributed by atoms with van der Waals surface area (Å²) >= 11 is 0. The second-order valence-corrected chi connectivity index (χ2v) is 10.6. The first-order valence-electron chi connectivity index (χ1n) is 12.3. The lowest BCUT2D eigenvalue weighted by Crippen LogP contribution is -2.35. The van der Waals surface area contributed by atoms with Gasteiger partial charge >= 0.3 is 6.09 Å². The van der Waals surface area contributed by atoms with Gasteiger partial charge in [-0.05, 0) is 59.1 Å². The van der Waals surface area contributed by atoms with E-state index in [1.54, 1.807) is 63.9 Å². The predicted molar refractivity (Wildman–Crippen MR) is 140 cm³/mol. The summed E-state index contributed by atoms with van der Waals surface area (Å²) in [6.07, 6.45) is 3.82. The van der Waals surface area contributed by atoms with E-state index in [1.807, 2.05) is 13.8 Å². The molecule has 0 saturated heterocycles. The second-order valence-electron chi connectivity index (χ2n) is 10.6. The zero-order chi connectivity index (χ0) is 27.1. The van der Waals surface area contributed by atoms with Gasteiger partial charge in [-0.1, -0.05) is 0 Å². The monoisotopic (exact) mass is 510 g/mol. The molecule has 1 saturated carbocycles. The molecule has 3 aromatic heterocycles. The van der Waals surface area contributed by atoms with Crippen molar-refractivity contribution in [2.75, 3.05) is 24.4 Å². The number of carbonyl (C=O) groups is 2. The highest BCUT2D eigenvalue weighted by Gasteiger charge is 2.39. The molecule has 0 radical (unpaired) electrons. The molecule has 1 fully saturated rings. The van der Waals surface area contributed by atoms with Gasteiger partial charge in [0.25, 0.3) is 5.56 Å². The molecular weight excluding hydrogens is 476 g/mol. The SMILES string of the molecule is CO[C@@H]1C[C@H]1CC(=O)c1cnn2c(N(C)C(=O)OC(C)(C)C)cc(Nc3cccn(C(C)C)c3=O)nc12. The quantitative estimate of drug-likeness (QED) is 0.448. The number of anilines is 3. The molecule has 4 rings (SSSR count). The van der Waals surface area contributed by atoms with Crippen molar-refractivity contribution in [3.05, 3.63) is 46.5 Å². The first-order chi connectivity index (χ1) is 17.4. The molecule has 1 N–H and O–H groups in total. The van der Waals surface area contributed by atoms with E-state index < -0.39 is 11.7 Å². The third-order valence-electron chi connectivity index (χ3n) is 6.17. The third kappa shape index (κ3) is 5.66. The first kappa shape index (κ1) is 26.3. The topological polar surface area (TPSA) is 120 Å². The maximum atomic E-state index is 13.1. The molecule has 11 nitrogen and oxygen atoms in total. The van der Waals surface area contributed by atoms with Gasteiger partial charge < -0.3 is 19.4 Å². The number of rotatable bonds is 8. The van der Waals surface area contributed by atoms with Crippen molar-refractivity contribution in [2.24, 2.45) is 5.92 Å². The molecule has 3 heterocycles. The first-order valence-corrected chi connectivity index (χ1v) is 12.3. The molecule has 11 heteroatoms. The summed E-state index contributed by atoms with van der Waals surface area (Å²) in [4.78, 5) is 44.9. The van der Waals surface area contributed by atoms with Crippen LogP contribution in [0.15, 0.2) is 35.4 Å². The Bertz CT molecular complexity index is 1390. The normalized spacial score (nSPS) is 17.2. The predicted octanol–water partition coefficient (Wildman–Crippen LogP) is 4.19. The van der Waals surface area contributed by atoms with Crippen molar-refractivity contribution in [1.29, 1.82) is 0 Å². The van der Waals surface area contributed by atoms with E-state index in [0.717, 1.165) is 6.42 Å². The van der Waals surface area contributed by atoms with Crippen molar-refractivity contribution < 1.29 is 19.1 Å². The number of nitrogens with one attached hydrogen (secondary N) is 1. The van der Waals surface area contributed by atoms with E-state index >= 15 is 0 Å². The molecule has 2 atom stereocenters. The Morgan fingerprint density at radius 3 is 2.65 bits per heavy atom. The molecule has 0 aliphatic heterocycles. The Balaban J connectivity index is 1.77. The van der Waals surface area contributed by atoms with Crippen molar-refractivity contribution in [3.63, 3.8) is 0 Å². The maximum Gasteiger partial charge on any atom is 0.415 e. The van der Waals surface area contributed by atoms with Crippen molar-refractivity contribution >= 4 is 34.8 Å². The van der Waals surface area contributed by atoms with Gasteiger partial charge in [0.2, 0.25) is 0 Å². The third-order valence-corrected chi connectivity index (χ3v) is 6.17. The van der Waals surface area contributed by atoms with Crippen LogP contribution < -0.4 is 15.8 Å². The fourth-order valence-electron chi connectivity index (χ4n) is 4.09. The lowest BCUT2D eigenvalue weighted by atomic mass is 10.1. The molecule has 1 amide bonds. The van der Waals surface area contributed by atoms with Crippen LogP contribution in [0.25, 0.3) is 5.65 Å². The number of amides is 1. The zero-order valence-electron chi connectivity index (χ0n) is 22.3. The number of hydrogen-bond donors (Lipinski definition) is 1. The molecule has 1 aliphatic rings. The summed E-state index contributed by atoms with van der Waals surface area (Å²) in [5, 5.41) is 7.44. The largest absolute Gasteiger partial charge is 0.443 e. The number of ether oxygens (including phenoxy) is 2. The van der Waals surface area contributed by atoms with Crippen LogP contribution in [0.4, 0.5) is 22.1 Å². The number of ketones is 1. The van der Waals surface area contributed by atoms with Crippen LogP contribution in [-0.2, 0) is 9.47 Å². The fraction of sp³-hybridized carbons (Fsp3) is 0.500. The average molecular weight is 511 g/mol. The lowest BCUT2D eigenvalue weighted by Gasteiger charge is -2.25. The summed E-state index contributed by atoms with van der Waals surface area (Å²) in [6, 6.07) is 4.98. The number of fused-ring (bicyclic) bond motifs is 1. The molecule has 198 valence electrons. The van der Waals surface area contributed by atoms with Crippen molar-refractivity contribution in [2.45, 2.75) is 65.2 Å². The van der Waals surface area contributed by atoms with Gasteiger partial charge in [0, 0.05) is 38.9 Å². The van der Waals surface area contributed by atoms with Gasteiger partial charge in [0.1, 0.15) is 22.9 Å². The number of hydrogen-bond acceptors (Lipinski definition) is 8. The molecule has 0 aromatic carbocycles. The Morgan fingerprint density at radius 1 is 1.30 bits per heavy atom. The highest BCUT2D eigenvalue weighted by atomic mass is 16.6. The molecule has 0 spiro atoms. The van der Waals surface area contributed by atoms with Crippen LogP contribution in [0.2, 0.25) is 0 Å². The maximum absolute atomic E-state index is 13.1. The summed E-state index contributed by atoms with van der Waals surface area (Å²) in [5.74, 6) is 0.655. The number of pyridine rings is 1. The van der Waals surface area contributed by atoms with E-state index in [2.05, 4.69) is 15.4 Å². The van der Waals surface area contributed by atoms with Crippen LogP contribution in [-0.4, -0.2) is 56.9 Å². The van der Waals surface area contributed by atoms with Crippen molar-refractivity contribution in [3.8, 4) is 0 Å². The Kier molecular flexibility index (Phi) is 7.09. The minimum atomic E-state index is -0.710. The number of Topliss-reactive ketones (excluding diaryl/α,β-unsaturated/α-hetero) is 1. The zero-order valence-corrected chi connectivity index (χ0v) is 22.3. The standard InChI is InChI=1S/C26H34N6O5/c1-15(2)31-10-8-9-18(24(31)34)28-21-13-22(30(6)25(35)37-26(3,4)5)32-23(29-21)17(14-27-32)19(33)11-16-12-20(16)36-7/h8-10,13-16,20H,11-12H2,1-7H3,(H,28,29)/t16-,20-/m1/s1. The van der Waals surface area contributed by atoms with Crippen LogP contribution in [0.1, 0.15) is 63.9 Å². The van der Waals surface area contributed by atoms with E-state index in [4.69, 9.17) is 9.47 Å². The fourth-order valence-corrected chi connectivity index (χ4v) is 4.09. The minimum absolute atomic E-state index is 0.0315. The average Bonchev–Trinajstić information content (AvgIpc) is 3.43. The lowest BCUT2D eigenvalue weighted by molar-refractivity contribution is 0.0587. The number of carbonyl (C=O) groups excluding carboxylic acids is 2. The summed E-state index contributed by atoms with van der Waals surface area (Å²) in [7, 11) is 3.19.